The number of carbonyl (C=O) groups is 2. The molecule has 0 aromatic heterocycles. The van der Waals surface area contributed by atoms with Gasteiger partial charge in [0.2, 0.25) is 0 Å². The highest BCUT2D eigenvalue weighted by Crippen LogP contribution is 2.64. The van der Waals surface area contributed by atoms with Crippen molar-refractivity contribution in [1.82, 2.24) is 0 Å². The zero-order valence-corrected chi connectivity index (χ0v) is 18.3. The molecule has 1 atom stereocenters. The van der Waals surface area contributed by atoms with Gasteiger partial charge in [-0.2, -0.15) is 17.2 Å². The van der Waals surface area contributed by atoms with Gasteiger partial charge in [0.1, 0.15) is 19.3 Å². The maximum absolute atomic E-state index is 13.1. The number of carbonyl (C=O) groups excluding carboxylic acids is 2. The molecule has 0 radical (unpaired) electrons. The number of aliphatic hydroxyl groups excluding tert-OH is 1. The molecule has 1 unspecified atom stereocenters. The molecule has 0 aromatic carbocycles. The molecule has 11 heteroatoms. The van der Waals surface area contributed by atoms with E-state index in [-0.39, 0.29) is 17.8 Å². The fourth-order valence-corrected chi connectivity index (χ4v) is 6.52. The van der Waals surface area contributed by atoms with Crippen LogP contribution in [0.5, 0.6) is 0 Å². The number of alkyl halides is 2. The Morgan fingerprint density at radius 2 is 1.65 bits per heavy atom. The molecular weight excluding hydrogens is 438 g/mol. The van der Waals surface area contributed by atoms with Gasteiger partial charge in [0.25, 0.3) is 0 Å². The predicted octanol–water partition coefficient (Wildman–Crippen LogP) is 2.20. The van der Waals surface area contributed by atoms with E-state index in [1.807, 2.05) is 0 Å². The Balaban J connectivity index is 1.42. The van der Waals surface area contributed by atoms with Crippen LogP contribution in [0.15, 0.2) is 0 Å². The molecule has 0 aliphatic heterocycles. The van der Waals surface area contributed by atoms with Crippen LogP contribution in [0.4, 0.5) is 8.78 Å². The van der Waals surface area contributed by atoms with Gasteiger partial charge in [0.15, 0.2) is 5.78 Å². The van der Waals surface area contributed by atoms with Crippen LogP contribution in [0.1, 0.15) is 51.9 Å². The van der Waals surface area contributed by atoms with Gasteiger partial charge in [-0.3, -0.25) is 9.35 Å². The Morgan fingerprint density at radius 1 is 1.10 bits per heavy atom. The Kier molecular flexibility index (Phi) is 7.10. The van der Waals surface area contributed by atoms with Crippen LogP contribution in [0, 0.1) is 29.1 Å². The average molecular weight is 469 g/mol. The average Bonchev–Trinajstić information content (AvgIpc) is 2.67. The van der Waals surface area contributed by atoms with E-state index in [1.54, 1.807) is 0 Å². The van der Waals surface area contributed by atoms with Gasteiger partial charge < -0.3 is 14.6 Å². The highest BCUT2D eigenvalue weighted by Gasteiger charge is 2.56. The molecule has 8 nitrogen and oxygen atoms in total. The molecule has 4 aliphatic carbocycles. The molecule has 4 aliphatic rings. The first-order valence-electron chi connectivity index (χ1n) is 10.7. The molecule has 4 saturated carbocycles. The lowest BCUT2D eigenvalue weighted by Gasteiger charge is -2.61. The minimum atomic E-state index is -5.97. The Hall–Kier alpha value is -1.17. The molecule has 2 N–H and O–H groups in total. The predicted molar refractivity (Wildman–Crippen MR) is 104 cm³/mol. The van der Waals surface area contributed by atoms with Crippen molar-refractivity contribution in [3.8, 4) is 0 Å². The molecule has 0 spiro atoms. The number of ether oxygens (including phenoxy) is 2. The molecule has 4 rings (SSSR count). The second-order valence-corrected chi connectivity index (χ2v) is 10.8. The summed E-state index contributed by atoms with van der Waals surface area (Å²) < 4.78 is 64.6. The highest BCUT2D eigenvalue weighted by molar-refractivity contribution is 7.87. The number of rotatable bonds is 11. The van der Waals surface area contributed by atoms with E-state index in [2.05, 4.69) is 11.7 Å². The van der Waals surface area contributed by atoms with Crippen molar-refractivity contribution in [3.05, 3.63) is 0 Å². The lowest BCUT2D eigenvalue weighted by Crippen LogP contribution is -2.53. The number of Topliss-reactive ketones (excluding diaryl/α,β-unsaturated/α-hetero) is 1. The van der Waals surface area contributed by atoms with Crippen molar-refractivity contribution in [1.29, 1.82) is 0 Å². The zero-order chi connectivity index (χ0) is 23.0. The molecule has 0 amide bonds. The molecule has 178 valence electrons. The van der Waals surface area contributed by atoms with Crippen molar-refractivity contribution in [2.75, 3.05) is 19.8 Å². The van der Waals surface area contributed by atoms with E-state index >= 15 is 0 Å². The van der Waals surface area contributed by atoms with Crippen LogP contribution in [0.2, 0.25) is 0 Å². The van der Waals surface area contributed by atoms with E-state index in [1.165, 1.54) is 32.1 Å². The van der Waals surface area contributed by atoms with Gasteiger partial charge in [-0.1, -0.05) is 6.92 Å². The summed E-state index contributed by atoms with van der Waals surface area (Å²) in [6.45, 7) is 0.466. The molecule has 0 aromatic rings. The van der Waals surface area contributed by atoms with Gasteiger partial charge in [-0.25, -0.2) is 4.79 Å². The van der Waals surface area contributed by atoms with Crippen molar-refractivity contribution < 1.29 is 45.9 Å². The highest BCUT2D eigenvalue weighted by atomic mass is 32.2. The van der Waals surface area contributed by atoms with Gasteiger partial charge in [0.05, 0.1) is 6.61 Å². The first kappa shape index (κ1) is 24.5. The van der Waals surface area contributed by atoms with E-state index in [0.717, 1.165) is 18.3 Å². The quantitative estimate of drug-likeness (QED) is 0.349. The van der Waals surface area contributed by atoms with Crippen LogP contribution >= 0.6 is 0 Å². The van der Waals surface area contributed by atoms with Gasteiger partial charge in [0, 0.05) is 6.42 Å². The van der Waals surface area contributed by atoms with Crippen LogP contribution in [0.3, 0.4) is 0 Å². The third-order valence-electron chi connectivity index (χ3n) is 7.49. The first-order valence-corrected chi connectivity index (χ1v) is 12.1. The summed E-state index contributed by atoms with van der Waals surface area (Å²) in [7, 11) is -5.97. The third-order valence-corrected chi connectivity index (χ3v) is 8.31. The topological polar surface area (TPSA) is 127 Å². The first-order chi connectivity index (χ1) is 14.4. The maximum Gasteiger partial charge on any atom is 0.465 e. The molecule has 0 heterocycles. The summed E-state index contributed by atoms with van der Waals surface area (Å²) in [5.41, 5.74) is 0.00335. The summed E-state index contributed by atoms with van der Waals surface area (Å²) >= 11 is 0. The Labute approximate surface area is 180 Å². The van der Waals surface area contributed by atoms with Crippen LogP contribution < -0.4 is 0 Å². The normalized spacial score (nSPS) is 33.3. The van der Waals surface area contributed by atoms with Crippen molar-refractivity contribution >= 4 is 21.9 Å². The van der Waals surface area contributed by atoms with Gasteiger partial charge >= 0.3 is 21.3 Å². The van der Waals surface area contributed by atoms with Crippen LogP contribution in [0.25, 0.3) is 0 Å². The van der Waals surface area contributed by atoms with Gasteiger partial charge in [-0.05, 0) is 67.6 Å². The second-order valence-electron chi connectivity index (χ2n) is 9.37. The smallest absolute Gasteiger partial charge is 0.457 e. The van der Waals surface area contributed by atoms with Crippen LogP contribution in [-0.2, 0) is 29.2 Å². The SMILES string of the molecule is CCC1(CC(=O)COCC(O)COC(=O)C(F)(F)S(=O)(=O)O)C2CC3CC(C2)CC1C3. The van der Waals surface area contributed by atoms with E-state index in [0.29, 0.717) is 18.3 Å². The fourth-order valence-electron chi connectivity index (χ4n) is 6.25. The maximum atomic E-state index is 13.1. The number of esters is 1. The second kappa shape index (κ2) is 8.99. The van der Waals surface area contributed by atoms with Crippen LogP contribution in [-0.4, -0.2) is 61.0 Å². The number of halogens is 2. The number of hydrogen-bond donors (Lipinski definition) is 2. The van der Waals surface area contributed by atoms with E-state index < -0.39 is 40.7 Å². The summed E-state index contributed by atoms with van der Waals surface area (Å²) in [5.74, 6) is 0.117. The lowest BCUT2D eigenvalue weighted by molar-refractivity contribution is -0.165. The standard InChI is InChI=1S/C20H30F2O8S/c1-2-19(14-4-12-3-13(6-14)7-15(19)5-12)8-16(23)9-29-10-17(24)11-30-18(25)20(21,22)31(26,27)28/h12-15,17,24H,2-11H2,1H3,(H,26,27,28). The monoisotopic (exact) mass is 468 g/mol. The number of hydrogen-bond acceptors (Lipinski definition) is 7. The van der Waals surface area contributed by atoms with Gasteiger partial charge in [-0.15, -0.1) is 0 Å². The fraction of sp³-hybridized carbons (Fsp3) is 0.900. The third kappa shape index (κ3) is 4.94. The van der Waals surface area contributed by atoms with Crippen molar-refractivity contribution in [2.45, 2.75) is 63.2 Å². The summed E-state index contributed by atoms with van der Waals surface area (Å²) in [6.07, 6.45) is 5.90. The Morgan fingerprint density at radius 3 is 2.13 bits per heavy atom. The summed E-state index contributed by atoms with van der Waals surface area (Å²) in [5, 5.41) is 4.56. The summed E-state index contributed by atoms with van der Waals surface area (Å²) in [4.78, 5) is 23.7. The largest absolute Gasteiger partial charge is 0.465 e. The minimum Gasteiger partial charge on any atom is -0.457 e. The van der Waals surface area contributed by atoms with E-state index in [4.69, 9.17) is 9.29 Å². The van der Waals surface area contributed by atoms with Crippen molar-refractivity contribution in [2.24, 2.45) is 29.1 Å². The van der Waals surface area contributed by atoms with E-state index in [9.17, 15) is 31.9 Å². The molecule has 31 heavy (non-hydrogen) atoms. The molecule has 4 bridgehead atoms. The molecule has 4 fully saturated rings. The summed E-state index contributed by atoms with van der Waals surface area (Å²) in [6, 6.07) is 0. The zero-order valence-electron chi connectivity index (χ0n) is 17.5. The molecule has 0 saturated heterocycles. The number of aliphatic hydroxyl groups is 1. The lowest BCUT2D eigenvalue weighted by atomic mass is 9.43. The minimum absolute atomic E-state index is 0.00335. The Bertz CT molecular complexity index is 769. The molecular formula is C20H30F2O8S. The van der Waals surface area contributed by atoms with Crippen molar-refractivity contribution in [3.63, 3.8) is 0 Å². The number of ketones is 1.